The number of nitrogens with zero attached hydrogens (tertiary/aromatic N) is 1. The molecule has 25 heavy (non-hydrogen) atoms. The largest absolute Gasteiger partial charge is 0.354 e. The molecule has 3 aromatic rings. The van der Waals surface area contributed by atoms with E-state index in [0.29, 0.717) is 26.2 Å². The minimum Gasteiger partial charge on any atom is -0.354 e. The fraction of sp³-hybridized carbons (Fsp3) is 0. The van der Waals surface area contributed by atoms with Crippen molar-refractivity contribution >= 4 is 78.9 Å². The molecular formula is C18H9BrCl2N2S2. The molecule has 0 unspecified atom stereocenters. The Balaban J connectivity index is 1.89. The number of anilines is 2. The normalized spacial score (nSPS) is 10.3. The van der Waals surface area contributed by atoms with Gasteiger partial charge in [-0.05, 0) is 47.8 Å². The first kappa shape index (κ1) is 18.4. The minimum atomic E-state index is 0.523. The maximum Gasteiger partial charge on any atom is 0.101 e. The van der Waals surface area contributed by atoms with Gasteiger partial charge in [-0.2, -0.15) is 5.26 Å². The number of benzene rings is 2. The smallest absolute Gasteiger partial charge is 0.101 e. The van der Waals surface area contributed by atoms with Crippen LogP contribution in [0.3, 0.4) is 0 Å². The SMILES string of the molecule is N#Cc1cc(Br)ccc1Nc1ccc(C(=S)c2sccc2Cl)c(Cl)c1. The molecule has 1 heterocycles. The van der Waals surface area contributed by atoms with E-state index >= 15 is 0 Å². The van der Waals surface area contributed by atoms with E-state index in [1.165, 1.54) is 11.3 Å². The number of nitriles is 1. The number of thiophene rings is 1. The molecule has 0 atom stereocenters. The van der Waals surface area contributed by atoms with Gasteiger partial charge in [0.1, 0.15) is 6.07 Å². The number of thiocarbonyl (C=S) groups is 1. The average Bonchev–Trinajstić information content (AvgIpc) is 3.02. The van der Waals surface area contributed by atoms with E-state index in [2.05, 4.69) is 27.3 Å². The van der Waals surface area contributed by atoms with E-state index in [0.717, 1.165) is 20.6 Å². The lowest BCUT2D eigenvalue weighted by Crippen LogP contribution is -2.00. The molecule has 0 amide bonds. The second-order valence-corrected chi connectivity index (χ2v) is 8.10. The summed E-state index contributed by atoms with van der Waals surface area (Å²) in [5.74, 6) is 0. The maximum absolute atomic E-state index is 9.26. The van der Waals surface area contributed by atoms with E-state index in [1.54, 1.807) is 12.1 Å². The van der Waals surface area contributed by atoms with E-state index in [-0.39, 0.29) is 0 Å². The van der Waals surface area contributed by atoms with Gasteiger partial charge in [0.15, 0.2) is 0 Å². The summed E-state index contributed by atoms with van der Waals surface area (Å²) in [5.41, 5.74) is 2.77. The third-order valence-corrected chi connectivity index (χ3v) is 6.14. The third kappa shape index (κ3) is 4.05. The van der Waals surface area contributed by atoms with Crippen LogP contribution in [0.25, 0.3) is 0 Å². The number of halogens is 3. The molecule has 0 aliphatic carbocycles. The molecule has 0 radical (unpaired) electrons. The summed E-state index contributed by atoms with van der Waals surface area (Å²) < 4.78 is 0.848. The van der Waals surface area contributed by atoms with Crippen LogP contribution in [0.5, 0.6) is 0 Å². The van der Waals surface area contributed by atoms with Crippen LogP contribution in [-0.4, -0.2) is 4.86 Å². The summed E-state index contributed by atoms with van der Waals surface area (Å²) in [5, 5.41) is 15.5. The van der Waals surface area contributed by atoms with Crippen LogP contribution in [0.15, 0.2) is 52.3 Å². The fourth-order valence-corrected chi connectivity index (χ4v) is 4.51. The van der Waals surface area contributed by atoms with Gasteiger partial charge >= 0.3 is 0 Å². The predicted molar refractivity (Wildman–Crippen MR) is 114 cm³/mol. The van der Waals surface area contributed by atoms with Gasteiger partial charge in [-0.15, -0.1) is 11.3 Å². The number of rotatable bonds is 4. The molecule has 2 aromatic carbocycles. The third-order valence-electron chi connectivity index (χ3n) is 3.42. The van der Waals surface area contributed by atoms with Crippen LogP contribution >= 0.6 is 62.7 Å². The number of hydrogen-bond acceptors (Lipinski definition) is 4. The highest BCUT2D eigenvalue weighted by Gasteiger charge is 2.14. The minimum absolute atomic E-state index is 0.523. The zero-order valence-corrected chi connectivity index (χ0v) is 17.2. The Labute approximate surface area is 173 Å². The van der Waals surface area contributed by atoms with Crippen LogP contribution in [0.2, 0.25) is 10.0 Å². The Morgan fingerprint density at radius 2 is 1.92 bits per heavy atom. The Morgan fingerprint density at radius 3 is 2.56 bits per heavy atom. The van der Waals surface area contributed by atoms with Crippen molar-refractivity contribution in [2.45, 2.75) is 0 Å². The second-order valence-electron chi connectivity index (χ2n) is 5.05. The fourth-order valence-electron chi connectivity index (χ4n) is 2.23. The number of nitrogens with one attached hydrogen (secondary N) is 1. The van der Waals surface area contributed by atoms with Gasteiger partial charge in [0, 0.05) is 15.7 Å². The summed E-state index contributed by atoms with van der Waals surface area (Å²) in [6.07, 6.45) is 0. The molecule has 7 heteroatoms. The molecule has 3 rings (SSSR count). The van der Waals surface area contributed by atoms with Gasteiger partial charge in [0.2, 0.25) is 0 Å². The van der Waals surface area contributed by atoms with Gasteiger partial charge in [-0.3, -0.25) is 0 Å². The molecular weight excluding hydrogens is 459 g/mol. The van der Waals surface area contributed by atoms with Crippen LogP contribution in [0.1, 0.15) is 16.0 Å². The lowest BCUT2D eigenvalue weighted by atomic mass is 10.1. The molecule has 1 N–H and O–H groups in total. The Hall–Kier alpha value is -1.42. The first-order chi connectivity index (χ1) is 12.0. The number of hydrogen-bond donors (Lipinski definition) is 1. The molecule has 0 aliphatic rings. The quantitative estimate of drug-likeness (QED) is 0.325. The second kappa shape index (κ2) is 7.86. The topological polar surface area (TPSA) is 35.8 Å². The standard InChI is InChI=1S/C18H9BrCl2N2S2/c19-11-1-4-16(10(7-11)9-22)23-12-2-3-13(15(21)8-12)17(24)18-14(20)5-6-25-18/h1-8,23H. The Bertz CT molecular complexity index is 1010. The highest BCUT2D eigenvalue weighted by Crippen LogP contribution is 2.31. The zero-order valence-electron chi connectivity index (χ0n) is 12.5. The lowest BCUT2D eigenvalue weighted by molar-refractivity contribution is 1.45. The Morgan fingerprint density at radius 1 is 1.12 bits per heavy atom. The van der Waals surface area contributed by atoms with Gasteiger partial charge in [-0.25, -0.2) is 0 Å². The summed E-state index contributed by atoms with van der Waals surface area (Å²) in [4.78, 5) is 1.46. The van der Waals surface area contributed by atoms with Crippen molar-refractivity contribution in [1.29, 1.82) is 5.26 Å². The van der Waals surface area contributed by atoms with E-state index in [4.69, 9.17) is 35.4 Å². The molecule has 0 bridgehead atoms. The Kier molecular flexibility index (Phi) is 5.78. The highest BCUT2D eigenvalue weighted by molar-refractivity contribution is 9.10. The van der Waals surface area contributed by atoms with Gasteiger partial charge in [0.05, 0.1) is 31.0 Å². The molecule has 124 valence electrons. The van der Waals surface area contributed by atoms with Crippen LogP contribution < -0.4 is 5.32 Å². The first-order valence-corrected chi connectivity index (χ1v) is 9.87. The molecule has 0 saturated carbocycles. The first-order valence-electron chi connectivity index (χ1n) is 7.03. The molecule has 0 spiro atoms. The van der Waals surface area contributed by atoms with Crippen molar-refractivity contribution in [2.24, 2.45) is 0 Å². The molecule has 1 aromatic heterocycles. The molecule has 2 nitrogen and oxygen atoms in total. The summed E-state index contributed by atoms with van der Waals surface area (Å²) >= 11 is 22.9. The van der Waals surface area contributed by atoms with E-state index in [9.17, 15) is 5.26 Å². The van der Waals surface area contributed by atoms with Crippen molar-refractivity contribution in [3.8, 4) is 6.07 Å². The lowest BCUT2D eigenvalue weighted by Gasteiger charge is -2.11. The van der Waals surface area contributed by atoms with Crippen molar-refractivity contribution < 1.29 is 0 Å². The van der Waals surface area contributed by atoms with Crippen LogP contribution in [0, 0.1) is 11.3 Å². The van der Waals surface area contributed by atoms with Crippen LogP contribution in [-0.2, 0) is 0 Å². The molecule has 0 aliphatic heterocycles. The summed E-state index contributed by atoms with van der Waals surface area (Å²) in [7, 11) is 0. The highest BCUT2D eigenvalue weighted by atomic mass is 79.9. The van der Waals surface area contributed by atoms with Gasteiger partial charge < -0.3 is 5.32 Å². The van der Waals surface area contributed by atoms with Crippen molar-refractivity contribution in [1.82, 2.24) is 0 Å². The van der Waals surface area contributed by atoms with Gasteiger partial charge in [0.25, 0.3) is 0 Å². The average molecular weight is 468 g/mol. The maximum atomic E-state index is 9.26. The summed E-state index contributed by atoms with van der Waals surface area (Å²) in [6.45, 7) is 0. The van der Waals surface area contributed by atoms with Crippen molar-refractivity contribution in [2.75, 3.05) is 5.32 Å². The summed E-state index contributed by atoms with van der Waals surface area (Å²) in [6, 6.07) is 15.0. The van der Waals surface area contributed by atoms with E-state index < -0.39 is 0 Å². The zero-order chi connectivity index (χ0) is 18.0. The predicted octanol–water partition coefficient (Wildman–Crippen LogP) is 7.20. The molecule has 0 saturated heterocycles. The van der Waals surface area contributed by atoms with Crippen molar-refractivity contribution in [3.63, 3.8) is 0 Å². The van der Waals surface area contributed by atoms with Crippen molar-refractivity contribution in [3.05, 3.63) is 78.4 Å². The van der Waals surface area contributed by atoms with Crippen LogP contribution in [0.4, 0.5) is 11.4 Å². The van der Waals surface area contributed by atoms with E-state index in [1.807, 2.05) is 35.7 Å². The monoisotopic (exact) mass is 466 g/mol. The molecule has 0 fully saturated rings. The van der Waals surface area contributed by atoms with Gasteiger partial charge in [-0.1, -0.05) is 51.3 Å².